The van der Waals surface area contributed by atoms with E-state index in [-0.39, 0.29) is 11.4 Å². The summed E-state index contributed by atoms with van der Waals surface area (Å²) in [5, 5.41) is 7.33. The molecule has 5 rings (SSSR count). The predicted octanol–water partition coefficient (Wildman–Crippen LogP) is 2.28. The van der Waals surface area contributed by atoms with E-state index in [9.17, 15) is 4.79 Å². The number of hydrogen-bond acceptors (Lipinski definition) is 6. The first-order chi connectivity index (χ1) is 14.2. The Balaban J connectivity index is 1.39. The molecule has 3 aromatic rings. The average molecular weight is 393 g/mol. The number of methoxy groups -OCH3 is 1. The topological polar surface area (TPSA) is 85.4 Å². The Kier molecular flexibility index (Phi) is 4.35. The largest absolute Gasteiger partial charge is 0.497 e. The lowest BCUT2D eigenvalue weighted by atomic mass is 9.85. The van der Waals surface area contributed by atoms with E-state index in [1.165, 1.54) is 6.20 Å². The molecule has 1 fully saturated rings. The Morgan fingerprint density at radius 3 is 2.66 bits per heavy atom. The van der Waals surface area contributed by atoms with Gasteiger partial charge in [-0.3, -0.25) is 4.79 Å². The van der Waals surface area contributed by atoms with Gasteiger partial charge < -0.3 is 24.0 Å². The molecule has 8 nitrogen and oxygen atoms in total. The third-order valence-corrected chi connectivity index (χ3v) is 6.02. The van der Waals surface area contributed by atoms with Gasteiger partial charge in [-0.15, -0.1) is 0 Å². The van der Waals surface area contributed by atoms with Gasteiger partial charge >= 0.3 is 0 Å². The van der Waals surface area contributed by atoms with Crippen molar-refractivity contribution in [1.82, 2.24) is 24.9 Å². The van der Waals surface area contributed by atoms with E-state index in [0.717, 1.165) is 48.8 Å². The highest BCUT2D eigenvalue weighted by atomic mass is 16.5. The van der Waals surface area contributed by atoms with Crippen molar-refractivity contribution in [1.29, 1.82) is 0 Å². The number of imidazole rings is 1. The number of hydrogen-bond donors (Lipinski definition) is 1. The molecule has 2 aliphatic rings. The summed E-state index contributed by atoms with van der Waals surface area (Å²) in [5.41, 5.74) is 2.03. The van der Waals surface area contributed by atoms with Gasteiger partial charge in [0.05, 0.1) is 30.7 Å². The maximum absolute atomic E-state index is 12.6. The van der Waals surface area contributed by atoms with Crippen LogP contribution in [0, 0.1) is 0 Å². The number of benzene rings is 1. The summed E-state index contributed by atoms with van der Waals surface area (Å²) in [6, 6.07) is 9.69. The van der Waals surface area contributed by atoms with E-state index in [0.29, 0.717) is 18.8 Å². The standard InChI is InChI=1S/C21H23N5O3/c1-28-16-4-2-15(3-5-16)17-14-22-20-21(23-10-13-26(17)20)7-11-25(12-8-21)19(27)18-6-9-24-29-18/h2-6,9,14,23H,7-8,10-13H2,1H3. The lowest BCUT2D eigenvalue weighted by Gasteiger charge is -2.44. The Morgan fingerprint density at radius 1 is 1.17 bits per heavy atom. The van der Waals surface area contributed by atoms with E-state index in [1.807, 2.05) is 23.2 Å². The number of aromatic nitrogens is 3. The van der Waals surface area contributed by atoms with Gasteiger partial charge in [-0.1, -0.05) is 5.16 Å². The van der Waals surface area contributed by atoms with Crippen molar-refractivity contribution in [2.75, 3.05) is 26.7 Å². The molecule has 150 valence electrons. The molecule has 0 aliphatic carbocycles. The summed E-state index contributed by atoms with van der Waals surface area (Å²) in [7, 11) is 1.67. The summed E-state index contributed by atoms with van der Waals surface area (Å²) in [5.74, 6) is 2.09. The summed E-state index contributed by atoms with van der Waals surface area (Å²) < 4.78 is 12.6. The van der Waals surface area contributed by atoms with E-state index in [1.54, 1.807) is 13.2 Å². The van der Waals surface area contributed by atoms with Gasteiger partial charge in [0.25, 0.3) is 5.91 Å². The van der Waals surface area contributed by atoms with Crippen LogP contribution in [0.5, 0.6) is 5.75 Å². The van der Waals surface area contributed by atoms with E-state index >= 15 is 0 Å². The molecular weight excluding hydrogens is 370 g/mol. The van der Waals surface area contributed by atoms with Gasteiger partial charge in [0, 0.05) is 37.8 Å². The first-order valence-corrected chi connectivity index (χ1v) is 9.86. The molecule has 0 bridgehead atoms. The van der Waals surface area contributed by atoms with E-state index in [2.05, 4.69) is 27.2 Å². The van der Waals surface area contributed by atoms with Gasteiger partial charge in [0.2, 0.25) is 5.76 Å². The minimum absolute atomic E-state index is 0.101. The van der Waals surface area contributed by atoms with Crippen molar-refractivity contribution < 1.29 is 14.1 Å². The number of fused-ring (bicyclic) bond motifs is 2. The molecule has 2 aromatic heterocycles. The van der Waals surface area contributed by atoms with Crippen LogP contribution in [0.2, 0.25) is 0 Å². The van der Waals surface area contributed by atoms with Gasteiger partial charge in [0.15, 0.2) is 0 Å². The van der Waals surface area contributed by atoms with Crippen molar-refractivity contribution in [2.24, 2.45) is 0 Å². The molecule has 1 amide bonds. The monoisotopic (exact) mass is 393 g/mol. The van der Waals surface area contributed by atoms with Crippen LogP contribution >= 0.6 is 0 Å². The van der Waals surface area contributed by atoms with Gasteiger partial charge in [0.1, 0.15) is 11.6 Å². The number of piperidine rings is 1. The van der Waals surface area contributed by atoms with Crippen LogP contribution in [-0.2, 0) is 12.1 Å². The molecule has 0 atom stereocenters. The molecule has 0 unspecified atom stereocenters. The van der Waals surface area contributed by atoms with E-state index in [4.69, 9.17) is 14.2 Å². The number of amides is 1. The number of nitrogens with zero attached hydrogens (tertiary/aromatic N) is 4. The normalized spacial score (nSPS) is 17.9. The van der Waals surface area contributed by atoms with Crippen LogP contribution in [-0.4, -0.2) is 52.3 Å². The molecule has 29 heavy (non-hydrogen) atoms. The first-order valence-electron chi connectivity index (χ1n) is 9.86. The Hall–Kier alpha value is -3.13. The highest BCUT2D eigenvalue weighted by Gasteiger charge is 2.43. The maximum atomic E-state index is 12.6. The van der Waals surface area contributed by atoms with Crippen LogP contribution < -0.4 is 10.1 Å². The van der Waals surface area contributed by atoms with Crippen molar-refractivity contribution in [3.05, 3.63) is 54.3 Å². The number of rotatable bonds is 3. The zero-order valence-electron chi connectivity index (χ0n) is 16.3. The summed E-state index contributed by atoms with van der Waals surface area (Å²) >= 11 is 0. The molecule has 0 saturated carbocycles. The summed E-state index contributed by atoms with van der Waals surface area (Å²) in [6.07, 6.45) is 5.08. The number of ether oxygens (including phenoxy) is 1. The van der Waals surface area contributed by atoms with Crippen molar-refractivity contribution in [3.63, 3.8) is 0 Å². The predicted molar refractivity (Wildman–Crippen MR) is 106 cm³/mol. The molecule has 4 heterocycles. The quantitative estimate of drug-likeness (QED) is 0.735. The lowest BCUT2D eigenvalue weighted by Crippen LogP contribution is -2.56. The number of likely N-dealkylation sites (tertiary alicyclic amines) is 1. The van der Waals surface area contributed by atoms with Crippen LogP contribution in [0.1, 0.15) is 29.2 Å². The SMILES string of the molecule is COc1ccc(-c2cnc3n2CCNC32CCN(C(=O)c3ccno3)CC2)cc1. The Labute approximate surface area is 168 Å². The van der Waals surface area contributed by atoms with Crippen molar-refractivity contribution in [3.8, 4) is 17.0 Å². The average Bonchev–Trinajstić information content (AvgIpc) is 3.45. The minimum atomic E-state index is -0.207. The fourth-order valence-electron chi connectivity index (χ4n) is 4.44. The number of carbonyl (C=O) groups excluding carboxylic acids is 1. The second-order valence-corrected chi connectivity index (χ2v) is 7.52. The molecule has 1 aromatic carbocycles. The second kappa shape index (κ2) is 7.04. The summed E-state index contributed by atoms with van der Waals surface area (Å²) in [4.78, 5) is 19.2. The van der Waals surface area contributed by atoms with Crippen LogP contribution in [0.15, 0.2) is 47.2 Å². The van der Waals surface area contributed by atoms with Crippen LogP contribution in [0.25, 0.3) is 11.3 Å². The second-order valence-electron chi connectivity index (χ2n) is 7.52. The number of nitrogens with one attached hydrogen (secondary N) is 1. The highest BCUT2D eigenvalue weighted by Crippen LogP contribution is 2.37. The lowest BCUT2D eigenvalue weighted by molar-refractivity contribution is 0.0568. The first kappa shape index (κ1) is 17.9. The Bertz CT molecular complexity index is 1000. The van der Waals surface area contributed by atoms with Crippen molar-refractivity contribution >= 4 is 5.91 Å². The fraction of sp³-hybridized carbons (Fsp3) is 0.381. The molecule has 1 saturated heterocycles. The van der Waals surface area contributed by atoms with Crippen LogP contribution in [0.3, 0.4) is 0 Å². The van der Waals surface area contributed by atoms with Crippen LogP contribution in [0.4, 0.5) is 0 Å². The zero-order chi connectivity index (χ0) is 19.8. The molecule has 1 spiro atoms. The van der Waals surface area contributed by atoms with Gasteiger partial charge in [-0.05, 0) is 37.1 Å². The van der Waals surface area contributed by atoms with Gasteiger partial charge in [-0.25, -0.2) is 4.98 Å². The summed E-state index contributed by atoms with van der Waals surface area (Å²) in [6.45, 7) is 3.05. The minimum Gasteiger partial charge on any atom is -0.497 e. The van der Waals surface area contributed by atoms with Crippen molar-refractivity contribution in [2.45, 2.75) is 24.9 Å². The third kappa shape index (κ3) is 3.00. The third-order valence-electron chi connectivity index (χ3n) is 6.02. The highest BCUT2D eigenvalue weighted by molar-refractivity contribution is 5.91. The zero-order valence-corrected chi connectivity index (χ0v) is 16.3. The molecule has 8 heteroatoms. The molecule has 0 radical (unpaired) electrons. The van der Waals surface area contributed by atoms with Gasteiger partial charge in [-0.2, -0.15) is 0 Å². The fourth-order valence-corrected chi connectivity index (χ4v) is 4.44. The molecule has 2 aliphatic heterocycles. The number of carbonyl (C=O) groups is 1. The smallest absolute Gasteiger partial charge is 0.292 e. The molecule has 1 N–H and O–H groups in total. The maximum Gasteiger partial charge on any atom is 0.292 e. The Morgan fingerprint density at radius 2 is 1.97 bits per heavy atom. The van der Waals surface area contributed by atoms with E-state index < -0.39 is 0 Å². The molecular formula is C21H23N5O3.